The van der Waals surface area contributed by atoms with Crippen LogP contribution in [-0.2, 0) is 4.79 Å². The maximum atomic E-state index is 12.0. The van der Waals surface area contributed by atoms with Crippen LogP contribution in [0.4, 0.5) is 5.69 Å². The highest BCUT2D eigenvalue weighted by Crippen LogP contribution is 2.20. The number of nitrogens with one attached hydrogen (secondary N) is 1. The molecule has 0 bridgehead atoms. The molecule has 6 nitrogen and oxygen atoms in total. The van der Waals surface area contributed by atoms with E-state index in [0.717, 1.165) is 16.6 Å². The number of carboxylic acids is 1. The lowest BCUT2D eigenvalue weighted by molar-refractivity contribution is -0.255. The second-order valence-corrected chi connectivity index (χ2v) is 6.25. The average molecular weight is 352 g/mol. The quantitative estimate of drug-likeness (QED) is 0.558. The first-order valence-electron chi connectivity index (χ1n) is 7.50. The summed E-state index contributed by atoms with van der Waals surface area (Å²) in [6, 6.07) is 13.5. The molecule has 0 saturated heterocycles. The number of carbonyl (C=O) groups is 2. The van der Waals surface area contributed by atoms with Crippen molar-refractivity contribution in [2.75, 3.05) is 11.1 Å². The fourth-order valence-corrected chi connectivity index (χ4v) is 2.99. The maximum absolute atomic E-state index is 12.0. The van der Waals surface area contributed by atoms with Crippen molar-refractivity contribution < 1.29 is 14.7 Å². The number of rotatable bonds is 5. The zero-order valence-electron chi connectivity index (χ0n) is 13.4. The highest BCUT2D eigenvalue weighted by molar-refractivity contribution is 7.99. The standard InChI is InChI=1S/C18H15N3O3S/c1-11-14-4-2-3-5-15(14)21-18(19-11)25-10-16(22)20-13-8-6-12(7-9-13)17(23)24/h2-9H,10H2,1H3,(H,20,22)(H,23,24)/p-1. The molecule has 1 aromatic heterocycles. The van der Waals surface area contributed by atoms with Gasteiger partial charge in [0.05, 0.1) is 17.2 Å². The van der Waals surface area contributed by atoms with E-state index >= 15 is 0 Å². The molecule has 0 aliphatic heterocycles. The van der Waals surface area contributed by atoms with Gasteiger partial charge < -0.3 is 15.2 Å². The van der Waals surface area contributed by atoms with Crippen LogP contribution >= 0.6 is 11.8 Å². The molecule has 1 N–H and O–H groups in total. The van der Waals surface area contributed by atoms with Crippen molar-refractivity contribution in [2.45, 2.75) is 12.1 Å². The van der Waals surface area contributed by atoms with E-state index in [9.17, 15) is 14.7 Å². The molecule has 0 unspecified atom stereocenters. The zero-order valence-corrected chi connectivity index (χ0v) is 14.2. The number of aromatic carboxylic acids is 1. The van der Waals surface area contributed by atoms with Gasteiger partial charge in [-0.15, -0.1) is 0 Å². The van der Waals surface area contributed by atoms with Gasteiger partial charge in [-0.3, -0.25) is 4.79 Å². The Labute approximate surface area is 148 Å². The van der Waals surface area contributed by atoms with Gasteiger partial charge in [-0.2, -0.15) is 0 Å². The van der Waals surface area contributed by atoms with Crippen molar-refractivity contribution >= 4 is 40.2 Å². The van der Waals surface area contributed by atoms with Gasteiger partial charge in [-0.25, -0.2) is 9.97 Å². The van der Waals surface area contributed by atoms with Crippen LogP contribution in [0.5, 0.6) is 0 Å². The lowest BCUT2D eigenvalue weighted by Crippen LogP contribution is -2.22. The van der Waals surface area contributed by atoms with E-state index in [1.165, 1.54) is 36.0 Å². The van der Waals surface area contributed by atoms with Crippen LogP contribution in [0, 0.1) is 6.92 Å². The van der Waals surface area contributed by atoms with Crippen molar-refractivity contribution in [3.63, 3.8) is 0 Å². The van der Waals surface area contributed by atoms with Crippen LogP contribution in [0.1, 0.15) is 16.1 Å². The number of aryl methyl sites for hydroxylation is 1. The summed E-state index contributed by atoms with van der Waals surface area (Å²) in [4.78, 5) is 31.6. The fraction of sp³-hybridized carbons (Fsp3) is 0.111. The highest BCUT2D eigenvalue weighted by Gasteiger charge is 2.08. The van der Waals surface area contributed by atoms with Crippen molar-refractivity contribution in [3.05, 3.63) is 59.8 Å². The molecule has 3 rings (SSSR count). The molecule has 1 heterocycles. The summed E-state index contributed by atoms with van der Waals surface area (Å²) in [6.45, 7) is 1.91. The number of carboxylic acid groups (broad SMARTS) is 1. The summed E-state index contributed by atoms with van der Waals surface area (Å²) in [5.74, 6) is -1.32. The SMILES string of the molecule is Cc1nc(SCC(=O)Nc2ccc(C(=O)[O-])cc2)nc2ccccc12. The predicted molar refractivity (Wildman–Crippen MR) is 94.4 cm³/mol. The Hall–Kier alpha value is -2.93. The predicted octanol–water partition coefficient (Wildman–Crippen LogP) is 2.03. The third-order valence-electron chi connectivity index (χ3n) is 3.51. The molecule has 0 radical (unpaired) electrons. The molecule has 0 saturated carbocycles. The first-order valence-corrected chi connectivity index (χ1v) is 8.49. The number of amides is 1. The van der Waals surface area contributed by atoms with Crippen LogP contribution in [0.3, 0.4) is 0 Å². The summed E-state index contributed by atoms with van der Waals surface area (Å²) in [5, 5.41) is 14.9. The number of benzene rings is 2. The first kappa shape index (κ1) is 16.9. The van der Waals surface area contributed by atoms with Crippen molar-refractivity contribution in [3.8, 4) is 0 Å². The van der Waals surface area contributed by atoms with Gasteiger partial charge in [0, 0.05) is 16.8 Å². The van der Waals surface area contributed by atoms with Crippen LogP contribution in [0.15, 0.2) is 53.7 Å². The second kappa shape index (κ2) is 7.31. The summed E-state index contributed by atoms with van der Waals surface area (Å²) in [6.07, 6.45) is 0. The number of anilines is 1. The minimum Gasteiger partial charge on any atom is -0.545 e. The summed E-state index contributed by atoms with van der Waals surface area (Å²) in [5.41, 5.74) is 2.29. The smallest absolute Gasteiger partial charge is 0.234 e. The number of carbonyl (C=O) groups excluding carboxylic acids is 2. The van der Waals surface area contributed by atoms with E-state index in [1.54, 1.807) is 0 Å². The van der Waals surface area contributed by atoms with E-state index in [4.69, 9.17) is 0 Å². The zero-order chi connectivity index (χ0) is 17.8. The largest absolute Gasteiger partial charge is 0.545 e. The number of thioether (sulfide) groups is 1. The van der Waals surface area contributed by atoms with E-state index in [0.29, 0.717) is 10.8 Å². The molecule has 25 heavy (non-hydrogen) atoms. The molecule has 0 atom stereocenters. The molecule has 0 aliphatic carbocycles. The number of nitrogens with zero attached hydrogens (tertiary/aromatic N) is 2. The Morgan fingerprint density at radius 2 is 1.80 bits per heavy atom. The van der Waals surface area contributed by atoms with Gasteiger partial charge in [0.1, 0.15) is 0 Å². The molecule has 7 heteroatoms. The second-order valence-electron chi connectivity index (χ2n) is 5.31. The van der Waals surface area contributed by atoms with Crippen LogP contribution in [0.2, 0.25) is 0 Å². The highest BCUT2D eigenvalue weighted by atomic mass is 32.2. The van der Waals surface area contributed by atoms with Gasteiger partial charge >= 0.3 is 0 Å². The van der Waals surface area contributed by atoms with E-state index in [-0.39, 0.29) is 17.2 Å². The lowest BCUT2D eigenvalue weighted by Gasteiger charge is -2.07. The summed E-state index contributed by atoms with van der Waals surface area (Å²) in [7, 11) is 0. The van der Waals surface area contributed by atoms with E-state index in [1.807, 2.05) is 31.2 Å². The lowest BCUT2D eigenvalue weighted by atomic mass is 10.2. The molecule has 126 valence electrons. The van der Waals surface area contributed by atoms with Gasteiger partial charge in [0.2, 0.25) is 5.91 Å². The molecule has 0 aliphatic rings. The first-order chi connectivity index (χ1) is 12.0. The number of para-hydroxylation sites is 1. The minimum absolute atomic E-state index is 0.0624. The molecule has 2 aromatic carbocycles. The normalized spacial score (nSPS) is 10.6. The number of aromatic nitrogens is 2. The number of hydrogen-bond acceptors (Lipinski definition) is 6. The van der Waals surface area contributed by atoms with Gasteiger partial charge in [-0.1, -0.05) is 42.1 Å². The topological polar surface area (TPSA) is 95.0 Å². The Morgan fingerprint density at radius 1 is 1.08 bits per heavy atom. The molecular weight excluding hydrogens is 338 g/mol. The van der Waals surface area contributed by atoms with Gasteiger partial charge in [0.25, 0.3) is 0 Å². The van der Waals surface area contributed by atoms with E-state index < -0.39 is 5.97 Å². The number of hydrogen-bond donors (Lipinski definition) is 1. The summed E-state index contributed by atoms with van der Waals surface area (Å²) < 4.78 is 0. The Morgan fingerprint density at radius 3 is 2.52 bits per heavy atom. The third-order valence-corrected chi connectivity index (χ3v) is 4.36. The minimum atomic E-state index is -1.25. The maximum Gasteiger partial charge on any atom is 0.234 e. The molecule has 0 spiro atoms. The molecule has 0 fully saturated rings. The van der Waals surface area contributed by atoms with Crippen molar-refractivity contribution in [2.24, 2.45) is 0 Å². The average Bonchev–Trinajstić information content (AvgIpc) is 2.60. The molecular formula is C18H14N3O3S-. The Bertz CT molecular complexity index is 942. The molecule has 3 aromatic rings. The van der Waals surface area contributed by atoms with Crippen LogP contribution in [0.25, 0.3) is 10.9 Å². The van der Waals surface area contributed by atoms with Crippen LogP contribution in [-0.4, -0.2) is 27.6 Å². The van der Waals surface area contributed by atoms with Crippen molar-refractivity contribution in [1.82, 2.24) is 9.97 Å². The monoisotopic (exact) mass is 352 g/mol. The van der Waals surface area contributed by atoms with Gasteiger partial charge in [-0.05, 0) is 30.7 Å². The fourth-order valence-electron chi connectivity index (χ4n) is 2.29. The third kappa shape index (κ3) is 4.13. The number of fused-ring (bicyclic) bond motifs is 1. The van der Waals surface area contributed by atoms with Gasteiger partial charge in [0.15, 0.2) is 5.16 Å². The summed E-state index contributed by atoms with van der Waals surface area (Å²) >= 11 is 1.25. The molecule has 1 amide bonds. The Balaban J connectivity index is 1.63. The Kier molecular flexibility index (Phi) is 4.95. The van der Waals surface area contributed by atoms with Crippen molar-refractivity contribution in [1.29, 1.82) is 0 Å². The van der Waals surface area contributed by atoms with E-state index in [2.05, 4.69) is 15.3 Å². The van der Waals surface area contributed by atoms with Crippen LogP contribution < -0.4 is 10.4 Å².